The number of nitrogens with zero attached hydrogens (tertiary/aromatic N) is 2. The quantitative estimate of drug-likeness (QED) is 0.253. The zero-order chi connectivity index (χ0) is 20.4. The molecule has 1 saturated carbocycles. The summed E-state index contributed by atoms with van der Waals surface area (Å²) in [6.45, 7) is 1.06. The summed E-state index contributed by atoms with van der Waals surface area (Å²) >= 11 is 0. The molecule has 28 heavy (non-hydrogen) atoms. The molecule has 0 bridgehead atoms. The van der Waals surface area contributed by atoms with Gasteiger partial charge in [-0.25, -0.2) is 0 Å². The van der Waals surface area contributed by atoms with Gasteiger partial charge in [-0.15, -0.1) is 0 Å². The molecule has 1 aromatic carbocycles. The van der Waals surface area contributed by atoms with Gasteiger partial charge in [0, 0.05) is 31.7 Å². The molecular formula is C20H28N2O6. The highest BCUT2D eigenvalue weighted by molar-refractivity contribution is 5.82. The van der Waals surface area contributed by atoms with Gasteiger partial charge in [-0.3, -0.25) is 19.7 Å². The number of carbonyl (C=O) groups is 2. The number of aliphatic hydroxyl groups excluding tert-OH is 1. The molecule has 1 N–H and O–H groups in total. The molecule has 0 spiro atoms. The van der Waals surface area contributed by atoms with E-state index in [1.54, 1.807) is 0 Å². The normalized spacial score (nSPS) is 14.0. The van der Waals surface area contributed by atoms with E-state index in [1.807, 2.05) is 4.90 Å². The number of nitro groups is 1. The van der Waals surface area contributed by atoms with Crippen LogP contribution in [-0.4, -0.2) is 52.9 Å². The average Bonchev–Trinajstić information content (AvgIpc) is 3.22. The minimum absolute atomic E-state index is 0.0197. The number of ether oxygens (including phenoxy) is 1. The summed E-state index contributed by atoms with van der Waals surface area (Å²) < 4.78 is 5.55. The fraction of sp³-hybridized carbons (Fsp3) is 0.600. The number of nitro benzene ring substituents is 1. The Balaban J connectivity index is 1.76. The van der Waals surface area contributed by atoms with Crippen molar-refractivity contribution in [3.05, 3.63) is 33.9 Å². The molecule has 0 unspecified atom stereocenters. The largest absolute Gasteiger partial charge is 0.494 e. The van der Waals surface area contributed by atoms with Crippen molar-refractivity contribution in [1.29, 1.82) is 0 Å². The Hall–Kier alpha value is -2.48. The second-order valence-electron chi connectivity index (χ2n) is 7.00. The standard InChI is InChI=1S/C20H28N2O6/c23-12-5-11-21(17-6-1-2-7-17)20(25)8-3-4-13-28-18-9-10-19(22(26)27)16(14-18)15-24/h9-10,14-15,17,23H,1-8,11-13H2. The van der Waals surface area contributed by atoms with Crippen molar-refractivity contribution < 1.29 is 24.4 Å². The minimum Gasteiger partial charge on any atom is -0.494 e. The molecule has 8 heteroatoms. The van der Waals surface area contributed by atoms with E-state index in [9.17, 15) is 19.7 Å². The molecular weight excluding hydrogens is 364 g/mol. The van der Waals surface area contributed by atoms with Gasteiger partial charge in [-0.2, -0.15) is 0 Å². The first-order chi connectivity index (χ1) is 13.6. The molecule has 2 rings (SSSR count). The van der Waals surface area contributed by atoms with Crippen LogP contribution in [0.15, 0.2) is 18.2 Å². The molecule has 0 aliphatic heterocycles. The van der Waals surface area contributed by atoms with Crippen LogP contribution in [-0.2, 0) is 4.79 Å². The van der Waals surface area contributed by atoms with Crippen LogP contribution in [0.3, 0.4) is 0 Å². The Morgan fingerprint density at radius 2 is 2.04 bits per heavy atom. The summed E-state index contributed by atoms with van der Waals surface area (Å²) in [5.41, 5.74) is -0.267. The highest BCUT2D eigenvalue weighted by Crippen LogP contribution is 2.25. The molecule has 0 atom stereocenters. The molecule has 0 aromatic heterocycles. The van der Waals surface area contributed by atoms with E-state index >= 15 is 0 Å². The van der Waals surface area contributed by atoms with Gasteiger partial charge >= 0.3 is 0 Å². The third-order valence-corrected chi connectivity index (χ3v) is 5.02. The van der Waals surface area contributed by atoms with Gasteiger partial charge in [0.15, 0.2) is 6.29 Å². The van der Waals surface area contributed by atoms with Gasteiger partial charge in [0.25, 0.3) is 5.69 Å². The Morgan fingerprint density at radius 3 is 2.68 bits per heavy atom. The number of carbonyl (C=O) groups excluding carboxylic acids is 2. The average molecular weight is 392 g/mol. The van der Waals surface area contributed by atoms with Crippen molar-refractivity contribution in [2.75, 3.05) is 19.8 Å². The molecule has 1 aromatic rings. The van der Waals surface area contributed by atoms with Crippen LogP contribution >= 0.6 is 0 Å². The number of hydrogen-bond acceptors (Lipinski definition) is 6. The van der Waals surface area contributed by atoms with Crippen molar-refractivity contribution in [3.63, 3.8) is 0 Å². The summed E-state index contributed by atoms with van der Waals surface area (Å²) in [5.74, 6) is 0.522. The fourth-order valence-corrected chi connectivity index (χ4v) is 3.56. The SMILES string of the molecule is O=Cc1cc(OCCCCC(=O)N(CCCO)C2CCCC2)ccc1[N+](=O)[O-]. The van der Waals surface area contributed by atoms with E-state index in [0.29, 0.717) is 56.9 Å². The lowest BCUT2D eigenvalue weighted by Gasteiger charge is -2.29. The smallest absolute Gasteiger partial charge is 0.280 e. The number of amides is 1. The van der Waals surface area contributed by atoms with Gasteiger partial charge in [0.05, 0.1) is 17.1 Å². The fourth-order valence-electron chi connectivity index (χ4n) is 3.56. The van der Waals surface area contributed by atoms with E-state index < -0.39 is 4.92 Å². The Bertz CT molecular complexity index is 673. The lowest BCUT2D eigenvalue weighted by atomic mass is 10.1. The Labute approximate surface area is 164 Å². The van der Waals surface area contributed by atoms with Crippen molar-refractivity contribution in [2.45, 2.75) is 57.4 Å². The van der Waals surface area contributed by atoms with Gasteiger partial charge in [-0.05, 0) is 44.2 Å². The summed E-state index contributed by atoms with van der Waals surface area (Å²) in [4.78, 5) is 35.7. The maximum Gasteiger partial charge on any atom is 0.280 e. The maximum absolute atomic E-state index is 12.6. The summed E-state index contributed by atoms with van der Waals surface area (Å²) in [7, 11) is 0. The highest BCUT2D eigenvalue weighted by Gasteiger charge is 2.25. The van der Waals surface area contributed by atoms with E-state index in [4.69, 9.17) is 9.84 Å². The second-order valence-corrected chi connectivity index (χ2v) is 7.00. The second kappa shape index (κ2) is 11.4. The van der Waals surface area contributed by atoms with E-state index in [2.05, 4.69) is 0 Å². The third kappa shape index (κ3) is 6.30. The number of benzene rings is 1. The predicted molar refractivity (Wildman–Crippen MR) is 104 cm³/mol. The molecule has 154 valence electrons. The van der Waals surface area contributed by atoms with Crippen LogP contribution in [0, 0.1) is 10.1 Å². The topological polar surface area (TPSA) is 110 Å². The molecule has 0 radical (unpaired) electrons. The van der Waals surface area contributed by atoms with E-state index in [1.165, 1.54) is 18.2 Å². The Kier molecular flexibility index (Phi) is 8.87. The van der Waals surface area contributed by atoms with Gasteiger partial charge < -0.3 is 14.7 Å². The summed E-state index contributed by atoms with van der Waals surface area (Å²) in [6.07, 6.45) is 7.20. The molecule has 8 nitrogen and oxygen atoms in total. The number of rotatable bonds is 12. The van der Waals surface area contributed by atoms with Crippen LogP contribution in [0.25, 0.3) is 0 Å². The number of hydrogen-bond donors (Lipinski definition) is 1. The highest BCUT2D eigenvalue weighted by atomic mass is 16.6. The zero-order valence-electron chi connectivity index (χ0n) is 16.0. The maximum atomic E-state index is 12.6. The predicted octanol–water partition coefficient (Wildman–Crippen LogP) is 3.11. The molecule has 0 heterocycles. The minimum atomic E-state index is -0.605. The van der Waals surface area contributed by atoms with Crippen LogP contribution < -0.4 is 4.74 Å². The van der Waals surface area contributed by atoms with Crippen LogP contribution in [0.2, 0.25) is 0 Å². The van der Waals surface area contributed by atoms with Crippen molar-refractivity contribution in [2.24, 2.45) is 0 Å². The van der Waals surface area contributed by atoms with Crippen LogP contribution in [0.1, 0.15) is 61.7 Å². The zero-order valence-corrected chi connectivity index (χ0v) is 16.0. The van der Waals surface area contributed by atoms with Crippen LogP contribution in [0.4, 0.5) is 5.69 Å². The first kappa shape index (κ1) is 21.8. The molecule has 1 fully saturated rings. The van der Waals surface area contributed by atoms with Gasteiger partial charge in [-0.1, -0.05) is 12.8 Å². The van der Waals surface area contributed by atoms with Crippen molar-refractivity contribution in [3.8, 4) is 5.75 Å². The lowest BCUT2D eigenvalue weighted by molar-refractivity contribution is -0.385. The summed E-state index contributed by atoms with van der Waals surface area (Å²) in [5, 5.41) is 19.9. The van der Waals surface area contributed by atoms with Crippen LogP contribution in [0.5, 0.6) is 5.75 Å². The Morgan fingerprint density at radius 1 is 1.29 bits per heavy atom. The third-order valence-electron chi connectivity index (χ3n) is 5.02. The van der Waals surface area contributed by atoms with Crippen molar-refractivity contribution >= 4 is 17.9 Å². The van der Waals surface area contributed by atoms with E-state index in [-0.39, 0.29) is 23.8 Å². The van der Waals surface area contributed by atoms with E-state index in [0.717, 1.165) is 25.7 Å². The van der Waals surface area contributed by atoms with Gasteiger partial charge in [0.1, 0.15) is 5.75 Å². The lowest BCUT2D eigenvalue weighted by Crippen LogP contribution is -2.39. The number of aldehydes is 1. The number of unbranched alkanes of at least 4 members (excludes halogenated alkanes) is 1. The molecule has 1 aliphatic carbocycles. The monoisotopic (exact) mass is 392 g/mol. The molecule has 0 saturated heterocycles. The number of aliphatic hydroxyl groups is 1. The first-order valence-corrected chi connectivity index (χ1v) is 9.83. The summed E-state index contributed by atoms with van der Waals surface area (Å²) in [6, 6.07) is 4.38. The molecule has 1 amide bonds. The van der Waals surface area contributed by atoms with Crippen molar-refractivity contribution in [1.82, 2.24) is 4.90 Å². The van der Waals surface area contributed by atoms with Gasteiger partial charge in [0.2, 0.25) is 5.91 Å². The molecule has 1 aliphatic rings. The first-order valence-electron chi connectivity index (χ1n) is 9.83.